The maximum absolute atomic E-state index is 14.8. The highest BCUT2D eigenvalue weighted by Gasteiger charge is 2.64. The standard InChI is InChI=1S/C31H45N5O8/c1-19(2)35-26(27(39)22-12-8-16-33-22)28(40)31(23(37)14-15-25(38)36(31)29(41)20(3)32)24(43-4)13-9-17-34-30(42)44-18-21-10-6-5-7-11-21/h5-7,10-11,19-20,22,24,26,33,35H,8-9,12-18,32H2,1-4H3,(H,34,42)/t20-,22-,24?,26?,31-/m0/s1/i24D. The van der Waals surface area contributed by atoms with Crippen molar-refractivity contribution in [2.75, 3.05) is 20.2 Å². The number of Topliss-reactive ketones (excluding diaryl/α,β-unsaturated/α-hetero) is 3. The maximum atomic E-state index is 14.8. The topological polar surface area (TPSA) is 186 Å². The molecule has 0 aromatic heterocycles. The SMILES string of the molecule is [2H]C(CCCNC(=O)OCc1ccccc1)(OC)[C@]1(C(=O)C(NC(C)C)C(=O)[C@@H]2CCCN2)C(=O)CCC(=O)N1C(=O)[C@H](C)N. The summed E-state index contributed by atoms with van der Waals surface area (Å²) in [4.78, 5) is 82.5. The summed E-state index contributed by atoms with van der Waals surface area (Å²) < 4.78 is 20.3. The van der Waals surface area contributed by atoms with Gasteiger partial charge in [-0.25, -0.2) is 4.79 Å². The monoisotopic (exact) mass is 616 g/mol. The second-order valence-electron chi connectivity index (χ2n) is 11.4. The molecule has 1 aromatic carbocycles. The summed E-state index contributed by atoms with van der Waals surface area (Å²) in [5.41, 5.74) is 3.84. The molecular formula is C31H45N5O8. The van der Waals surface area contributed by atoms with Gasteiger partial charge in [-0.15, -0.1) is 0 Å². The summed E-state index contributed by atoms with van der Waals surface area (Å²) in [6, 6.07) is 4.94. The minimum Gasteiger partial charge on any atom is -0.445 e. The number of hydrogen-bond acceptors (Lipinski definition) is 11. The highest BCUT2D eigenvalue weighted by Crippen LogP contribution is 2.36. The van der Waals surface area contributed by atoms with Gasteiger partial charge in [0.15, 0.2) is 22.9 Å². The number of rotatable bonds is 15. The van der Waals surface area contributed by atoms with E-state index in [1.807, 2.05) is 18.2 Å². The number of carbonyl (C=O) groups excluding carboxylic acids is 6. The van der Waals surface area contributed by atoms with Gasteiger partial charge in [0.2, 0.25) is 11.8 Å². The molecule has 2 unspecified atom stereocenters. The van der Waals surface area contributed by atoms with Crippen molar-refractivity contribution < 1.29 is 39.6 Å². The summed E-state index contributed by atoms with van der Waals surface area (Å²) in [7, 11) is 1.09. The molecule has 0 radical (unpaired) electrons. The van der Waals surface area contributed by atoms with Crippen molar-refractivity contribution in [2.45, 2.75) is 102 Å². The van der Waals surface area contributed by atoms with Crippen molar-refractivity contribution in [1.29, 1.82) is 0 Å². The van der Waals surface area contributed by atoms with Gasteiger partial charge in [-0.05, 0) is 58.6 Å². The van der Waals surface area contributed by atoms with E-state index in [1.165, 1.54) is 6.92 Å². The Balaban J connectivity index is 1.98. The second-order valence-corrected chi connectivity index (χ2v) is 11.4. The van der Waals surface area contributed by atoms with Crippen molar-refractivity contribution in [2.24, 2.45) is 5.73 Å². The Kier molecular flexibility index (Phi) is 12.1. The lowest BCUT2D eigenvalue weighted by atomic mass is 9.71. The van der Waals surface area contributed by atoms with E-state index in [1.54, 1.807) is 26.0 Å². The quantitative estimate of drug-likeness (QED) is 0.161. The number of carbonyl (C=O) groups is 6. The first kappa shape index (κ1) is 33.4. The van der Waals surface area contributed by atoms with Crippen LogP contribution in [0.25, 0.3) is 0 Å². The molecule has 242 valence electrons. The fourth-order valence-corrected chi connectivity index (χ4v) is 5.58. The number of hydrogen-bond donors (Lipinski definition) is 4. The fourth-order valence-electron chi connectivity index (χ4n) is 5.58. The number of nitrogens with zero attached hydrogens (tertiary/aromatic N) is 1. The van der Waals surface area contributed by atoms with E-state index in [4.69, 9.17) is 15.2 Å². The van der Waals surface area contributed by atoms with Crippen LogP contribution in [-0.2, 0) is 40.1 Å². The van der Waals surface area contributed by atoms with Crippen molar-refractivity contribution >= 4 is 35.3 Å². The number of nitrogens with two attached hydrogens (primary N) is 1. The lowest BCUT2D eigenvalue weighted by Gasteiger charge is -2.48. The van der Waals surface area contributed by atoms with E-state index in [2.05, 4.69) is 16.0 Å². The van der Waals surface area contributed by atoms with Crippen molar-refractivity contribution in [1.82, 2.24) is 20.9 Å². The second kappa shape index (κ2) is 16.0. The van der Waals surface area contributed by atoms with E-state index in [9.17, 15) is 30.1 Å². The summed E-state index contributed by atoms with van der Waals surface area (Å²) in [5, 5.41) is 8.54. The number of alkyl carbamates (subject to hydrolysis) is 1. The largest absolute Gasteiger partial charge is 0.445 e. The van der Waals surface area contributed by atoms with Gasteiger partial charge in [0, 0.05) is 32.5 Å². The Morgan fingerprint density at radius 2 is 1.86 bits per heavy atom. The number of methoxy groups -OCH3 is 1. The number of piperidine rings is 1. The van der Waals surface area contributed by atoms with Gasteiger partial charge in [0.05, 0.1) is 19.5 Å². The molecule has 5 atom stereocenters. The average Bonchev–Trinajstić information content (AvgIpc) is 3.56. The van der Waals surface area contributed by atoms with Crippen LogP contribution >= 0.6 is 0 Å². The third kappa shape index (κ3) is 7.95. The van der Waals surface area contributed by atoms with Gasteiger partial charge in [0.25, 0.3) is 0 Å². The first-order valence-electron chi connectivity index (χ1n) is 15.5. The average molecular weight is 617 g/mol. The molecule has 2 fully saturated rings. The number of amides is 3. The molecule has 3 amide bonds. The molecule has 2 saturated heterocycles. The van der Waals surface area contributed by atoms with Crippen molar-refractivity contribution in [3.8, 4) is 0 Å². The zero-order chi connectivity index (χ0) is 33.4. The molecule has 2 aliphatic rings. The van der Waals surface area contributed by atoms with Gasteiger partial charge >= 0.3 is 6.09 Å². The zero-order valence-corrected chi connectivity index (χ0v) is 25.9. The van der Waals surface area contributed by atoms with Crippen LogP contribution in [0.5, 0.6) is 0 Å². The number of likely N-dealkylation sites (tertiary alicyclic amines) is 1. The van der Waals surface area contributed by atoms with Crippen molar-refractivity contribution in [3.63, 3.8) is 0 Å². The lowest BCUT2D eigenvalue weighted by Crippen LogP contribution is -2.77. The molecule has 13 nitrogen and oxygen atoms in total. The molecule has 3 rings (SSSR count). The lowest BCUT2D eigenvalue weighted by molar-refractivity contribution is -0.178. The molecule has 13 heteroatoms. The van der Waals surface area contributed by atoms with E-state index in [0.29, 0.717) is 24.3 Å². The Labute approximate surface area is 259 Å². The van der Waals surface area contributed by atoms with Gasteiger partial charge in [0.1, 0.15) is 12.6 Å². The van der Waals surface area contributed by atoms with Crippen LogP contribution < -0.4 is 21.7 Å². The first-order valence-corrected chi connectivity index (χ1v) is 15.0. The molecule has 2 aliphatic heterocycles. The van der Waals surface area contributed by atoms with Crippen LogP contribution in [-0.4, -0.2) is 96.1 Å². The molecule has 44 heavy (non-hydrogen) atoms. The predicted molar refractivity (Wildman–Crippen MR) is 160 cm³/mol. The Morgan fingerprint density at radius 1 is 1.16 bits per heavy atom. The highest BCUT2D eigenvalue weighted by atomic mass is 16.5. The van der Waals surface area contributed by atoms with Crippen LogP contribution in [0.4, 0.5) is 4.79 Å². The Morgan fingerprint density at radius 3 is 2.45 bits per heavy atom. The Bertz CT molecular complexity index is 1260. The third-order valence-electron chi connectivity index (χ3n) is 7.68. The number of ether oxygens (including phenoxy) is 2. The Hall–Kier alpha value is -3.52. The minimum atomic E-state index is -2.84. The third-order valence-corrected chi connectivity index (χ3v) is 7.68. The van der Waals surface area contributed by atoms with E-state index in [-0.39, 0.29) is 32.4 Å². The summed E-state index contributed by atoms with van der Waals surface area (Å²) >= 11 is 0. The van der Waals surface area contributed by atoms with Gasteiger partial charge in [-0.1, -0.05) is 30.3 Å². The van der Waals surface area contributed by atoms with Crippen LogP contribution in [0.3, 0.4) is 0 Å². The fraction of sp³-hybridized carbons (Fsp3) is 0.613. The zero-order valence-electron chi connectivity index (χ0n) is 26.9. The first-order chi connectivity index (χ1) is 21.3. The molecule has 1 aromatic rings. The number of nitrogens with one attached hydrogen (secondary N) is 3. The van der Waals surface area contributed by atoms with Crippen molar-refractivity contribution in [3.05, 3.63) is 35.9 Å². The summed E-state index contributed by atoms with van der Waals surface area (Å²) in [5.74, 6) is -4.53. The molecule has 2 heterocycles. The normalized spacial score (nSPS) is 23.5. The predicted octanol–water partition coefficient (Wildman–Crippen LogP) is 0.769. The minimum absolute atomic E-state index is 0.0190. The van der Waals surface area contributed by atoms with Gasteiger partial charge < -0.3 is 25.8 Å². The van der Waals surface area contributed by atoms with Crippen LogP contribution in [0.2, 0.25) is 0 Å². The smallest absolute Gasteiger partial charge is 0.407 e. The van der Waals surface area contributed by atoms with Crippen LogP contribution in [0.1, 0.15) is 66.2 Å². The number of imide groups is 1. The molecule has 0 saturated carbocycles. The molecular weight excluding hydrogens is 570 g/mol. The van der Waals surface area contributed by atoms with E-state index < -0.39 is 77.5 Å². The molecule has 5 N–H and O–H groups in total. The summed E-state index contributed by atoms with van der Waals surface area (Å²) in [6.07, 6.45) is -3.38. The number of benzene rings is 1. The highest BCUT2D eigenvalue weighted by molar-refractivity contribution is 6.27. The van der Waals surface area contributed by atoms with Crippen LogP contribution in [0, 0.1) is 0 Å². The van der Waals surface area contributed by atoms with E-state index in [0.717, 1.165) is 12.7 Å². The maximum Gasteiger partial charge on any atom is 0.407 e. The summed E-state index contributed by atoms with van der Waals surface area (Å²) in [6.45, 7) is 5.23. The molecule has 0 aliphatic carbocycles. The molecule has 0 bridgehead atoms. The number of ketones is 3. The van der Waals surface area contributed by atoms with Crippen LogP contribution in [0.15, 0.2) is 30.3 Å². The molecule has 0 spiro atoms. The van der Waals surface area contributed by atoms with E-state index >= 15 is 0 Å². The van der Waals surface area contributed by atoms with Gasteiger partial charge in [-0.3, -0.25) is 34.2 Å². The van der Waals surface area contributed by atoms with Gasteiger partial charge in [-0.2, -0.15) is 0 Å².